The largest absolute Gasteiger partial charge is 0.469 e. The van der Waals surface area contributed by atoms with E-state index in [4.69, 9.17) is 19.2 Å². The molecule has 0 amide bonds. The van der Waals surface area contributed by atoms with Gasteiger partial charge < -0.3 is 9.47 Å². The van der Waals surface area contributed by atoms with E-state index in [0.29, 0.717) is 17.9 Å². The Morgan fingerprint density at radius 2 is 1.44 bits per heavy atom. The maximum atomic E-state index is 13.3. The summed E-state index contributed by atoms with van der Waals surface area (Å²) >= 11 is 0. The first-order valence-electron chi connectivity index (χ1n) is 22.2. The minimum Gasteiger partial charge on any atom is -0.469 e. The number of Topliss-reactive ketones (excluding diaryl/α,β-unsaturated/α-hetero) is 1. The highest BCUT2D eigenvalue weighted by Gasteiger charge is 2.54. The second kappa shape index (κ2) is 26.0. The molecule has 0 bridgehead atoms. The van der Waals surface area contributed by atoms with Gasteiger partial charge in [-0.2, -0.15) is 4.89 Å². The van der Waals surface area contributed by atoms with Crippen molar-refractivity contribution >= 4 is 11.8 Å². The van der Waals surface area contributed by atoms with Gasteiger partial charge in [-0.25, -0.2) is 4.89 Å². The van der Waals surface area contributed by atoms with Crippen LogP contribution in [0.15, 0.2) is 46.6 Å². The van der Waals surface area contributed by atoms with Crippen molar-refractivity contribution in [2.24, 2.45) is 17.8 Å². The summed E-state index contributed by atoms with van der Waals surface area (Å²) in [5, 5.41) is 0. The molecule has 5 atom stereocenters. The van der Waals surface area contributed by atoms with E-state index in [9.17, 15) is 9.59 Å². The van der Waals surface area contributed by atoms with Crippen molar-refractivity contribution < 1.29 is 28.8 Å². The molecule has 6 nitrogen and oxygen atoms in total. The summed E-state index contributed by atoms with van der Waals surface area (Å²) in [7, 11) is 1.45. The van der Waals surface area contributed by atoms with Gasteiger partial charge in [0, 0.05) is 23.1 Å². The summed E-state index contributed by atoms with van der Waals surface area (Å²) in [6.07, 6.45) is 32.3. The van der Waals surface area contributed by atoms with Gasteiger partial charge in [-0.1, -0.05) is 149 Å². The number of unbranched alkanes of at least 4 members (excludes halogenated alkanes) is 7. The monoisotopic (exact) mass is 755 g/mol. The number of rotatable bonds is 29. The van der Waals surface area contributed by atoms with E-state index < -0.39 is 5.79 Å². The lowest BCUT2D eigenvalue weighted by Crippen LogP contribution is -2.54. The topological polar surface area (TPSA) is 71.1 Å². The van der Waals surface area contributed by atoms with Gasteiger partial charge >= 0.3 is 5.97 Å². The van der Waals surface area contributed by atoms with Crippen molar-refractivity contribution in [1.82, 2.24) is 0 Å². The van der Waals surface area contributed by atoms with E-state index in [-0.39, 0.29) is 23.5 Å². The normalized spacial score (nSPS) is 22.5. The summed E-state index contributed by atoms with van der Waals surface area (Å²) in [5.41, 5.74) is 2.79. The minimum atomic E-state index is -1.18. The molecule has 1 heterocycles. The van der Waals surface area contributed by atoms with Crippen LogP contribution < -0.4 is 0 Å². The molecule has 2 aliphatic rings. The fourth-order valence-electron chi connectivity index (χ4n) is 8.12. The zero-order valence-electron chi connectivity index (χ0n) is 36.6. The third-order valence-electron chi connectivity index (χ3n) is 12.1. The number of allylic oxidation sites excluding steroid dienone is 5. The Morgan fingerprint density at radius 3 is 2.11 bits per heavy atom. The SMILES string of the molecule is CCCCC[C@@H](/C=C/C=C\CCCCCCCC(=O)OC)OO[C@]12O[C@](C)(CCC[C@H](C)CCC[C@H](C)CCCC(C)C)CCC1=C(C)C(=O)C(C)=C2C. The number of carbonyl (C=O) groups is 2. The van der Waals surface area contributed by atoms with Crippen LogP contribution in [0.1, 0.15) is 204 Å². The van der Waals surface area contributed by atoms with Crippen molar-refractivity contribution in [3.63, 3.8) is 0 Å². The Morgan fingerprint density at radius 1 is 0.796 bits per heavy atom. The molecule has 310 valence electrons. The van der Waals surface area contributed by atoms with Gasteiger partial charge in [-0.3, -0.25) is 9.59 Å². The van der Waals surface area contributed by atoms with Gasteiger partial charge in [0.25, 0.3) is 0 Å². The van der Waals surface area contributed by atoms with Crippen LogP contribution in [0, 0.1) is 17.8 Å². The molecule has 0 radical (unpaired) electrons. The average molecular weight is 755 g/mol. The first-order valence-corrected chi connectivity index (χ1v) is 22.2. The summed E-state index contributed by atoms with van der Waals surface area (Å²) in [6, 6.07) is 0. The molecule has 0 unspecified atom stereocenters. The standard InChI is InChI=1S/C48H82O6/c1-11-12-20-31-43(32-21-18-16-14-13-15-17-19-22-33-45(49)51-10)52-54-48-42(8)40(6)46(50)41(7)44(48)34-36-47(9,53-48)35-25-30-39(5)29-24-28-38(4)27-23-26-37(2)3/h16,18,21,32,37-39,43H,11-15,17,19-20,22-31,33-36H2,1-10H3/b18-16-,32-21+/t38-,39-,43+,47-,48+/m1/s1. The second-order valence-electron chi connectivity index (χ2n) is 17.6. The number of ether oxygens (including phenoxy) is 2. The number of esters is 1. The third kappa shape index (κ3) is 17.0. The minimum absolute atomic E-state index is 0.0858. The molecule has 1 aliphatic heterocycles. The number of fused-ring (bicyclic) bond motifs is 1. The molecule has 1 aliphatic carbocycles. The Kier molecular flexibility index (Phi) is 23.2. The third-order valence-corrected chi connectivity index (χ3v) is 12.1. The highest BCUT2D eigenvalue weighted by atomic mass is 17.2. The molecule has 0 spiro atoms. The predicted octanol–water partition coefficient (Wildman–Crippen LogP) is 13.8. The van der Waals surface area contributed by atoms with Gasteiger partial charge in [-0.05, 0) is 96.0 Å². The van der Waals surface area contributed by atoms with Crippen molar-refractivity contribution in [2.75, 3.05) is 7.11 Å². The van der Waals surface area contributed by atoms with Crippen molar-refractivity contribution in [3.8, 4) is 0 Å². The number of ketones is 1. The maximum absolute atomic E-state index is 13.3. The van der Waals surface area contributed by atoms with Crippen LogP contribution in [0.25, 0.3) is 0 Å². The van der Waals surface area contributed by atoms with Crippen LogP contribution in [0.5, 0.6) is 0 Å². The predicted molar refractivity (Wildman–Crippen MR) is 225 cm³/mol. The first-order chi connectivity index (χ1) is 25.8. The van der Waals surface area contributed by atoms with E-state index in [1.54, 1.807) is 0 Å². The zero-order valence-corrected chi connectivity index (χ0v) is 36.6. The molecule has 2 rings (SSSR count). The number of carbonyl (C=O) groups excluding carboxylic acids is 2. The highest BCUT2D eigenvalue weighted by molar-refractivity contribution is 6.10. The smallest absolute Gasteiger partial charge is 0.305 e. The van der Waals surface area contributed by atoms with Crippen LogP contribution in [0.3, 0.4) is 0 Å². The van der Waals surface area contributed by atoms with E-state index in [1.807, 2.05) is 20.8 Å². The average Bonchev–Trinajstić information content (AvgIpc) is 3.13. The molecule has 54 heavy (non-hydrogen) atoms. The molecule has 0 N–H and O–H groups in total. The van der Waals surface area contributed by atoms with E-state index >= 15 is 0 Å². The number of methoxy groups -OCH3 is 1. The van der Waals surface area contributed by atoms with Gasteiger partial charge in [0.05, 0.1) is 12.7 Å². The van der Waals surface area contributed by atoms with E-state index in [1.165, 1.54) is 52.1 Å². The summed E-state index contributed by atoms with van der Waals surface area (Å²) < 4.78 is 11.9. The Hall–Kier alpha value is -2.02. The van der Waals surface area contributed by atoms with Crippen LogP contribution in [0.2, 0.25) is 0 Å². The van der Waals surface area contributed by atoms with E-state index in [0.717, 1.165) is 118 Å². The molecule has 1 saturated heterocycles. The Labute approximate surface area is 332 Å². The van der Waals surface area contributed by atoms with Crippen LogP contribution >= 0.6 is 0 Å². The highest BCUT2D eigenvalue weighted by Crippen LogP contribution is 2.51. The molecular weight excluding hydrogens is 673 g/mol. The van der Waals surface area contributed by atoms with Crippen LogP contribution in [-0.4, -0.2) is 36.4 Å². The maximum Gasteiger partial charge on any atom is 0.305 e. The lowest BCUT2D eigenvalue weighted by Gasteiger charge is -2.50. The number of hydrogen-bond acceptors (Lipinski definition) is 6. The second-order valence-corrected chi connectivity index (χ2v) is 17.6. The quantitative estimate of drug-likeness (QED) is 0.0249. The summed E-state index contributed by atoms with van der Waals surface area (Å²) in [5.74, 6) is 1.13. The van der Waals surface area contributed by atoms with Crippen molar-refractivity contribution in [1.29, 1.82) is 0 Å². The van der Waals surface area contributed by atoms with Crippen molar-refractivity contribution in [2.45, 2.75) is 221 Å². The molecule has 0 aromatic rings. The van der Waals surface area contributed by atoms with Gasteiger partial charge in [0.15, 0.2) is 5.78 Å². The number of hydrogen-bond donors (Lipinski definition) is 0. The molecule has 0 aromatic heterocycles. The fraction of sp³-hybridized carbons (Fsp3) is 0.792. The molecular formula is C48H82O6. The lowest BCUT2D eigenvalue weighted by atomic mass is 9.75. The Balaban J connectivity index is 2.02. The van der Waals surface area contributed by atoms with Crippen molar-refractivity contribution in [3.05, 3.63) is 46.6 Å². The molecule has 0 aromatic carbocycles. The first kappa shape index (κ1) is 48.1. The fourth-order valence-corrected chi connectivity index (χ4v) is 8.12. The van der Waals surface area contributed by atoms with Gasteiger partial charge in [-0.15, -0.1) is 0 Å². The van der Waals surface area contributed by atoms with Crippen LogP contribution in [0.4, 0.5) is 0 Å². The van der Waals surface area contributed by atoms with E-state index in [2.05, 4.69) is 65.8 Å². The zero-order chi connectivity index (χ0) is 40.0. The van der Waals surface area contributed by atoms with Gasteiger partial charge in [0.2, 0.25) is 5.79 Å². The summed E-state index contributed by atoms with van der Waals surface area (Å²) in [4.78, 5) is 37.5. The van der Waals surface area contributed by atoms with Gasteiger partial charge in [0.1, 0.15) is 6.10 Å². The molecule has 6 heteroatoms. The summed E-state index contributed by atoms with van der Waals surface area (Å²) in [6.45, 7) is 19.8. The lowest BCUT2D eigenvalue weighted by molar-refractivity contribution is -0.436. The molecule has 0 saturated carbocycles. The van der Waals surface area contributed by atoms with Crippen LogP contribution in [-0.2, 0) is 28.8 Å². The Bertz CT molecular complexity index is 1230. The molecule has 1 fully saturated rings.